The maximum atomic E-state index is 9.21. The number of nitriles is 1. The van der Waals surface area contributed by atoms with Crippen LogP contribution < -0.4 is 15.2 Å². The fraction of sp³-hybridized carbons (Fsp3) is 0.167. The third-order valence-electron chi connectivity index (χ3n) is 5.11. The number of hydrogen-bond acceptors (Lipinski definition) is 5. The van der Waals surface area contributed by atoms with Gasteiger partial charge in [-0.05, 0) is 61.4 Å². The SMILES string of the molecule is Cc1cc(Oc2ccc3nc(COc4ccccc4C#N)n(C)c3c2)cc(C)c1N.Cl.Cl. The van der Waals surface area contributed by atoms with Gasteiger partial charge in [-0.1, -0.05) is 12.1 Å². The van der Waals surface area contributed by atoms with E-state index >= 15 is 0 Å². The van der Waals surface area contributed by atoms with Gasteiger partial charge in [0.05, 0.1) is 16.6 Å². The second-order valence-electron chi connectivity index (χ2n) is 7.21. The minimum Gasteiger partial charge on any atom is -0.484 e. The van der Waals surface area contributed by atoms with Gasteiger partial charge in [0.2, 0.25) is 0 Å². The Morgan fingerprint density at radius 3 is 2.38 bits per heavy atom. The lowest BCUT2D eigenvalue weighted by atomic mass is 10.1. The summed E-state index contributed by atoms with van der Waals surface area (Å²) < 4.78 is 13.9. The van der Waals surface area contributed by atoms with E-state index in [2.05, 4.69) is 11.1 Å². The van der Waals surface area contributed by atoms with Crippen molar-refractivity contribution in [2.45, 2.75) is 20.5 Å². The molecule has 0 aliphatic carbocycles. The van der Waals surface area contributed by atoms with E-state index in [0.29, 0.717) is 11.3 Å². The van der Waals surface area contributed by atoms with E-state index in [1.54, 1.807) is 12.1 Å². The number of nitrogen functional groups attached to an aromatic ring is 1. The Morgan fingerprint density at radius 1 is 1.00 bits per heavy atom. The average molecular weight is 471 g/mol. The summed E-state index contributed by atoms with van der Waals surface area (Å²) >= 11 is 0. The first-order chi connectivity index (χ1) is 14.5. The molecule has 32 heavy (non-hydrogen) atoms. The molecule has 3 aromatic carbocycles. The Balaban J connectivity index is 0.00000181. The molecule has 6 nitrogen and oxygen atoms in total. The number of ether oxygens (including phenoxy) is 2. The zero-order valence-corrected chi connectivity index (χ0v) is 19.6. The molecular formula is C24H24Cl2N4O2. The van der Waals surface area contributed by atoms with Gasteiger partial charge in [0.1, 0.15) is 35.7 Å². The molecular weight excluding hydrogens is 447 g/mol. The summed E-state index contributed by atoms with van der Waals surface area (Å²) in [5.74, 6) is 2.77. The van der Waals surface area contributed by atoms with Gasteiger partial charge in [0.15, 0.2) is 0 Å². The number of nitrogens with zero attached hydrogens (tertiary/aromatic N) is 3. The van der Waals surface area contributed by atoms with E-state index < -0.39 is 0 Å². The lowest BCUT2D eigenvalue weighted by molar-refractivity contribution is 0.291. The fourth-order valence-electron chi connectivity index (χ4n) is 3.37. The highest BCUT2D eigenvalue weighted by atomic mass is 35.5. The summed E-state index contributed by atoms with van der Waals surface area (Å²) in [6.45, 7) is 4.20. The van der Waals surface area contributed by atoms with Crippen LogP contribution in [0.5, 0.6) is 17.2 Å². The van der Waals surface area contributed by atoms with Gasteiger partial charge in [-0.15, -0.1) is 24.8 Å². The van der Waals surface area contributed by atoms with Gasteiger partial charge in [0, 0.05) is 18.8 Å². The summed E-state index contributed by atoms with van der Waals surface area (Å²) in [6, 6.07) is 18.9. The molecule has 0 aliphatic rings. The highest BCUT2D eigenvalue weighted by Gasteiger charge is 2.12. The number of fused-ring (bicyclic) bond motifs is 1. The minimum atomic E-state index is 0. The van der Waals surface area contributed by atoms with E-state index in [-0.39, 0.29) is 31.4 Å². The molecule has 4 rings (SSSR count). The molecule has 0 saturated heterocycles. The highest BCUT2D eigenvalue weighted by Crippen LogP contribution is 2.30. The normalized spacial score (nSPS) is 10.1. The van der Waals surface area contributed by atoms with Crippen LogP contribution in [-0.4, -0.2) is 9.55 Å². The van der Waals surface area contributed by atoms with E-state index in [0.717, 1.165) is 45.2 Å². The number of rotatable bonds is 5. The van der Waals surface area contributed by atoms with Crippen LogP contribution in [0.4, 0.5) is 5.69 Å². The third-order valence-corrected chi connectivity index (χ3v) is 5.11. The second kappa shape index (κ2) is 10.3. The molecule has 1 heterocycles. The largest absolute Gasteiger partial charge is 0.484 e. The Kier molecular flexibility index (Phi) is 7.98. The number of aromatic nitrogens is 2. The van der Waals surface area contributed by atoms with Crippen LogP contribution in [0.25, 0.3) is 11.0 Å². The maximum Gasteiger partial charge on any atom is 0.147 e. The van der Waals surface area contributed by atoms with Crippen molar-refractivity contribution < 1.29 is 9.47 Å². The molecule has 0 atom stereocenters. The molecule has 0 spiro atoms. The predicted octanol–water partition coefficient (Wildman–Crippen LogP) is 5.86. The lowest BCUT2D eigenvalue weighted by Gasteiger charge is -2.11. The van der Waals surface area contributed by atoms with E-state index in [9.17, 15) is 5.26 Å². The summed E-state index contributed by atoms with van der Waals surface area (Å²) in [5, 5.41) is 9.21. The monoisotopic (exact) mass is 470 g/mol. The molecule has 4 aromatic rings. The number of nitrogens with two attached hydrogens (primary N) is 1. The van der Waals surface area contributed by atoms with Crippen molar-refractivity contribution in [1.29, 1.82) is 5.26 Å². The Hall–Kier alpha value is -3.40. The highest BCUT2D eigenvalue weighted by molar-refractivity contribution is 5.85. The van der Waals surface area contributed by atoms with Crippen molar-refractivity contribution in [3.05, 3.63) is 77.1 Å². The van der Waals surface area contributed by atoms with Crippen LogP contribution in [0.3, 0.4) is 0 Å². The van der Waals surface area contributed by atoms with Gasteiger partial charge in [0.25, 0.3) is 0 Å². The molecule has 1 aromatic heterocycles. The van der Waals surface area contributed by atoms with E-state index in [1.165, 1.54) is 0 Å². The fourth-order valence-corrected chi connectivity index (χ4v) is 3.37. The molecule has 0 bridgehead atoms. The standard InChI is InChI=1S/C24H22N4O2.2ClH/c1-15-10-19(11-16(2)24(15)26)30-18-8-9-20-21(12-18)28(3)23(27-20)14-29-22-7-5-4-6-17(22)13-25;;/h4-12H,14,26H2,1-3H3;2*1H. The Labute approximate surface area is 199 Å². The summed E-state index contributed by atoms with van der Waals surface area (Å²) in [6.07, 6.45) is 0. The second-order valence-corrected chi connectivity index (χ2v) is 7.21. The molecule has 0 amide bonds. The Bertz CT molecular complexity index is 1270. The van der Waals surface area contributed by atoms with Gasteiger partial charge in [-0.3, -0.25) is 0 Å². The van der Waals surface area contributed by atoms with Gasteiger partial charge >= 0.3 is 0 Å². The zero-order chi connectivity index (χ0) is 21.3. The van der Waals surface area contributed by atoms with Gasteiger partial charge < -0.3 is 19.8 Å². The molecule has 0 fully saturated rings. The number of imidazole rings is 1. The zero-order valence-electron chi connectivity index (χ0n) is 18.0. The summed E-state index contributed by atoms with van der Waals surface area (Å²) in [4.78, 5) is 4.65. The van der Waals surface area contributed by atoms with Crippen molar-refractivity contribution in [3.8, 4) is 23.3 Å². The average Bonchev–Trinajstić information content (AvgIpc) is 3.06. The topological polar surface area (TPSA) is 86.1 Å². The van der Waals surface area contributed by atoms with Crippen LogP contribution in [-0.2, 0) is 13.7 Å². The molecule has 166 valence electrons. The van der Waals surface area contributed by atoms with Crippen molar-refractivity contribution in [2.24, 2.45) is 7.05 Å². The number of benzene rings is 3. The number of hydrogen-bond donors (Lipinski definition) is 1. The van der Waals surface area contributed by atoms with Crippen molar-refractivity contribution >= 4 is 41.5 Å². The van der Waals surface area contributed by atoms with Crippen LogP contribution in [0.1, 0.15) is 22.5 Å². The molecule has 8 heteroatoms. The first-order valence-electron chi connectivity index (χ1n) is 9.58. The molecule has 0 radical (unpaired) electrons. The summed E-state index contributed by atoms with van der Waals surface area (Å²) in [7, 11) is 1.94. The number of anilines is 1. The van der Waals surface area contributed by atoms with Crippen LogP contribution in [0.2, 0.25) is 0 Å². The molecule has 0 unspecified atom stereocenters. The molecule has 0 saturated carbocycles. The quantitative estimate of drug-likeness (QED) is 0.369. The van der Waals surface area contributed by atoms with Gasteiger partial charge in [-0.25, -0.2) is 4.98 Å². The van der Waals surface area contributed by atoms with Crippen molar-refractivity contribution in [1.82, 2.24) is 9.55 Å². The van der Waals surface area contributed by atoms with Crippen LogP contribution in [0.15, 0.2) is 54.6 Å². The number of para-hydroxylation sites is 1. The van der Waals surface area contributed by atoms with Crippen LogP contribution >= 0.6 is 24.8 Å². The van der Waals surface area contributed by atoms with E-state index in [1.807, 2.05) is 67.9 Å². The van der Waals surface area contributed by atoms with Crippen molar-refractivity contribution in [2.75, 3.05) is 5.73 Å². The number of aryl methyl sites for hydroxylation is 3. The molecule has 2 N–H and O–H groups in total. The Morgan fingerprint density at radius 2 is 1.69 bits per heavy atom. The first-order valence-corrected chi connectivity index (χ1v) is 9.58. The van der Waals surface area contributed by atoms with Crippen LogP contribution in [0, 0.1) is 25.2 Å². The van der Waals surface area contributed by atoms with E-state index in [4.69, 9.17) is 15.2 Å². The number of halogens is 2. The maximum absolute atomic E-state index is 9.21. The minimum absolute atomic E-state index is 0. The van der Waals surface area contributed by atoms with Crippen molar-refractivity contribution in [3.63, 3.8) is 0 Å². The lowest BCUT2D eigenvalue weighted by Crippen LogP contribution is -2.04. The molecule has 0 aliphatic heterocycles. The third kappa shape index (κ3) is 4.91. The van der Waals surface area contributed by atoms with Gasteiger partial charge in [-0.2, -0.15) is 5.26 Å². The summed E-state index contributed by atoms with van der Waals surface area (Å²) in [5.41, 5.74) is 11.1. The first kappa shape index (κ1) is 24.9. The predicted molar refractivity (Wildman–Crippen MR) is 131 cm³/mol. The smallest absolute Gasteiger partial charge is 0.147 e.